The van der Waals surface area contributed by atoms with Gasteiger partial charge in [-0.3, -0.25) is 9.78 Å². The van der Waals surface area contributed by atoms with Crippen LogP contribution in [-0.2, 0) is 6.54 Å². The lowest BCUT2D eigenvalue weighted by Gasteiger charge is -2.09. The summed E-state index contributed by atoms with van der Waals surface area (Å²) in [6.07, 6.45) is 3.36. The minimum Gasteiger partial charge on any atom is -0.366 e. The number of rotatable bonds is 4. The molecule has 0 saturated carbocycles. The highest BCUT2D eigenvalue weighted by molar-refractivity contribution is 5.95. The highest BCUT2D eigenvalue weighted by atomic mass is 16.2. The Labute approximate surface area is 122 Å². The molecule has 4 N–H and O–H groups in total. The van der Waals surface area contributed by atoms with Gasteiger partial charge in [-0.15, -0.1) is 0 Å². The summed E-state index contributed by atoms with van der Waals surface area (Å²) in [6, 6.07) is 8.28. The summed E-state index contributed by atoms with van der Waals surface area (Å²) < 4.78 is 0. The second-order valence-corrected chi connectivity index (χ2v) is 4.56. The number of aromatic nitrogens is 1. The largest absolute Gasteiger partial charge is 0.366 e. The number of aryl methyl sites for hydroxylation is 1. The predicted molar refractivity (Wildman–Crippen MR) is 79.8 cm³/mol. The van der Waals surface area contributed by atoms with Gasteiger partial charge >= 0.3 is 6.03 Å². The molecule has 108 valence electrons. The molecule has 1 aromatic carbocycles. The number of pyridine rings is 1. The van der Waals surface area contributed by atoms with Crippen molar-refractivity contribution < 1.29 is 9.59 Å². The third-order valence-corrected chi connectivity index (χ3v) is 2.93. The van der Waals surface area contributed by atoms with Gasteiger partial charge in [0.25, 0.3) is 0 Å². The maximum absolute atomic E-state index is 11.8. The molecule has 1 aromatic heterocycles. The van der Waals surface area contributed by atoms with Gasteiger partial charge in [-0.05, 0) is 42.3 Å². The average Bonchev–Trinajstić information content (AvgIpc) is 2.46. The molecule has 2 aromatic rings. The standard InChI is InChI=1S/C15H16N4O2/c1-10-7-12(4-5-13(10)14(16)20)19-15(21)18-9-11-3-2-6-17-8-11/h2-8H,9H2,1H3,(H2,16,20)(H2,18,19,21). The maximum Gasteiger partial charge on any atom is 0.319 e. The molecular formula is C15H16N4O2. The summed E-state index contributed by atoms with van der Waals surface area (Å²) in [5, 5.41) is 5.42. The van der Waals surface area contributed by atoms with Crippen LogP contribution in [0.4, 0.5) is 10.5 Å². The zero-order chi connectivity index (χ0) is 15.2. The molecule has 1 heterocycles. The molecule has 6 heteroatoms. The van der Waals surface area contributed by atoms with E-state index in [9.17, 15) is 9.59 Å². The van der Waals surface area contributed by atoms with Gasteiger partial charge in [0.05, 0.1) is 0 Å². The highest BCUT2D eigenvalue weighted by Gasteiger charge is 2.07. The summed E-state index contributed by atoms with van der Waals surface area (Å²) >= 11 is 0. The van der Waals surface area contributed by atoms with Crippen LogP contribution in [0.2, 0.25) is 0 Å². The Balaban J connectivity index is 1.94. The minimum absolute atomic E-state index is 0.329. The van der Waals surface area contributed by atoms with E-state index in [0.717, 1.165) is 5.56 Å². The number of hydrogen-bond acceptors (Lipinski definition) is 3. The fraction of sp³-hybridized carbons (Fsp3) is 0.133. The van der Waals surface area contributed by atoms with E-state index in [0.29, 0.717) is 23.4 Å². The first-order valence-corrected chi connectivity index (χ1v) is 6.40. The first-order valence-electron chi connectivity index (χ1n) is 6.40. The van der Waals surface area contributed by atoms with E-state index in [1.165, 1.54) is 0 Å². The molecule has 3 amide bonds. The Hall–Kier alpha value is -2.89. The van der Waals surface area contributed by atoms with Crippen molar-refractivity contribution in [3.8, 4) is 0 Å². The molecule has 0 unspecified atom stereocenters. The molecule has 0 aliphatic carbocycles. The Morgan fingerprint density at radius 3 is 2.71 bits per heavy atom. The molecule has 2 rings (SSSR count). The number of primary amides is 1. The summed E-state index contributed by atoms with van der Waals surface area (Å²) in [5.41, 5.74) is 7.90. The zero-order valence-corrected chi connectivity index (χ0v) is 11.6. The van der Waals surface area contributed by atoms with Gasteiger partial charge in [0, 0.05) is 30.2 Å². The van der Waals surface area contributed by atoms with Gasteiger partial charge in [0.15, 0.2) is 0 Å². The van der Waals surface area contributed by atoms with E-state index in [2.05, 4.69) is 15.6 Å². The van der Waals surface area contributed by atoms with Crippen molar-refractivity contribution in [2.75, 3.05) is 5.32 Å². The molecule has 0 aliphatic rings. The lowest BCUT2D eigenvalue weighted by molar-refractivity contribution is 0.0999. The maximum atomic E-state index is 11.8. The van der Waals surface area contributed by atoms with Crippen molar-refractivity contribution in [1.29, 1.82) is 0 Å². The third kappa shape index (κ3) is 4.04. The van der Waals surface area contributed by atoms with Gasteiger partial charge in [-0.1, -0.05) is 6.07 Å². The van der Waals surface area contributed by atoms with Crippen LogP contribution >= 0.6 is 0 Å². The molecule has 0 atom stereocenters. The van der Waals surface area contributed by atoms with E-state index in [4.69, 9.17) is 5.73 Å². The van der Waals surface area contributed by atoms with Crippen molar-refractivity contribution in [3.63, 3.8) is 0 Å². The fourth-order valence-electron chi connectivity index (χ4n) is 1.88. The van der Waals surface area contributed by atoms with E-state index in [-0.39, 0.29) is 6.03 Å². The van der Waals surface area contributed by atoms with E-state index < -0.39 is 5.91 Å². The van der Waals surface area contributed by atoms with Crippen molar-refractivity contribution >= 4 is 17.6 Å². The Kier molecular flexibility index (Phi) is 4.50. The Morgan fingerprint density at radius 1 is 1.29 bits per heavy atom. The predicted octanol–water partition coefficient (Wildman–Crippen LogP) is 1.81. The van der Waals surface area contributed by atoms with Crippen LogP contribution in [0.1, 0.15) is 21.5 Å². The van der Waals surface area contributed by atoms with Gasteiger partial charge in [0.2, 0.25) is 5.91 Å². The quantitative estimate of drug-likeness (QED) is 0.798. The van der Waals surface area contributed by atoms with Crippen LogP contribution in [0, 0.1) is 6.92 Å². The second kappa shape index (κ2) is 6.51. The minimum atomic E-state index is -0.486. The lowest BCUT2D eigenvalue weighted by atomic mass is 10.1. The van der Waals surface area contributed by atoms with Gasteiger partial charge in [-0.25, -0.2) is 4.79 Å². The number of anilines is 1. The van der Waals surface area contributed by atoms with Gasteiger partial charge in [-0.2, -0.15) is 0 Å². The van der Waals surface area contributed by atoms with Crippen LogP contribution in [0.15, 0.2) is 42.7 Å². The molecular weight excluding hydrogens is 268 g/mol. The van der Waals surface area contributed by atoms with Gasteiger partial charge < -0.3 is 16.4 Å². The number of nitrogens with zero attached hydrogens (tertiary/aromatic N) is 1. The van der Waals surface area contributed by atoms with Crippen LogP contribution in [-0.4, -0.2) is 16.9 Å². The summed E-state index contributed by atoms with van der Waals surface area (Å²) in [5.74, 6) is -0.486. The lowest BCUT2D eigenvalue weighted by Crippen LogP contribution is -2.28. The number of benzene rings is 1. The second-order valence-electron chi connectivity index (χ2n) is 4.56. The fourth-order valence-corrected chi connectivity index (χ4v) is 1.88. The van der Waals surface area contributed by atoms with Crippen LogP contribution in [0.25, 0.3) is 0 Å². The number of amides is 3. The molecule has 21 heavy (non-hydrogen) atoms. The van der Waals surface area contributed by atoms with E-state index in [1.54, 1.807) is 43.6 Å². The molecule has 0 bridgehead atoms. The highest BCUT2D eigenvalue weighted by Crippen LogP contribution is 2.14. The smallest absolute Gasteiger partial charge is 0.319 e. The molecule has 0 fully saturated rings. The summed E-state index contributed by atoms with van der Waals surface area (Å²) in [7, 11) is 0. The summed E-state index contributed by atoms with van der Waals surface area (Å²) in [4.78, 5) is 26.9. The molecule has 0 radical (unpaired) electrons. The average molecular weight is 284 g/mol. The Bertz CT molecular complexity index is 656. The zero-order valence-electron chi connectivity index (χ0n) is 11.6. The number of carbonyl (C=O) groups is 2. The first-order chi connectivity index (χ1) is 10.1. The summed E-state index contributed by atoms with van der Waals surface area (Å²) in [6.45, 7) is 2.15. The Morgan fingerprint density at radius 2 is 2.10 bits per heavy atom. The van der Waals surface area contributed by atoms with Crippen LogP contribution in [0.5, 0.6) is 0 Å². The third-order valence-electron chi connectivity index (χ3n) is 2.93. The van der Waals surface area contributed by atoms with Crippen molar-refractivity contribution in [3.05, 3.63) is 59.4 Å². The molecule has 0 spiro atoms. The van der Waals surface area contributed by atoms with E-state index in [1.807, 2.05) is 6.07 Å². The normalized spacial score (nSPS) is 9.95. The van der Waals surface area contributed by atoms with Gasteiger partial charge in [0.1, 0.15) is 0 Å². The van der Waals surface area contributed by atoms with Crippen molar-refractivity contribution in [2.24, 2.45) is 5.73 Å². The van der Waals surface area contributed by atoms with E-state index >= 15 is 0 Å². The SMILES string of the molecule is Cc1cc(NC(=O)NCc2cccnc2)ccc1C(N)=O. The monoisotopic (exact) mass is 284 g/mol. The first kappa shape index (κ1) is 14.5. The number of carbonyl (C=O) groups excluding carboxylic acids is 2. The van der Waals surface area contributed by atoms with Crippen LogP contribution < -0.4 is 16.4 Å². The number of urea groups is 1. The topological polar surface area (TPSA) is 97.1 Å². The molecule has 0 saturated heterocycles. The number of hydrogen-bond donors (Lipinski definition) is 3. The molecule has 0 aliphatic heterocycles. The van der Waals surface area contributed by atoms with Crippen molar-refractivity contribution in [1.82, 2.24) is 10.3 Å². The van der Waals surface area contributed by atoms with Crippen LogP contribution in [0.3, 0.4) is 0 Å². The van der Waals surface area contributed by atoms with Crippen molar-refractivity contribution in [2.45, 2.75) is 13.5 Å². The molecule has 6 nitrogen and oxygen atoms in total. The number of nitrogens with one attached hydrogen (secondary N) is 2. The number of nitrogens with two attached hydrogens (primary N) is 1.